The number of hydrogen-bond donors (Lipinski definition) is 1. The highest BCUT2D eigenvalue weighted by molar-refractivity contribution is 5.87. The number of carboxylic acid groups (broad SMARTS) is 1. The van der Waals surface area contributed by atoms with Gasteiger partial charge in [-0.25, -0.2) is 4.39 Å². The molecule has 0 unspecified atom stereocenters. The second kappa shape index (κ2) is 5.84. The molecule has 4 nitrogen and oxygen atoms in total. The fraction of sp³-hybridized carbons (Fsp3) is 0.500. The van der Waals surface area contributed by atoms with Crippen molar-refractivity contribution in [3.63, 3.8) is 0 Å². The van der Waals surface area contributed by atoms with Crippen molar-refractivity contribution in [1.29, 1.82) is 0 Å². The van der Waals surface area contributed by atoms with Gasteiger partial charge in [-0.2, -0.15) is 0 Å². The lowest BCUT2D eigenvalue weighted by molar-refractivity contribution is -0.147. The van der Waals surface area contributed by atoms with E-state index in [0.29, 0.717) is 31.5 Å². The smallest absolute Gasteiger partial charge is 0.306 e. The quantitative estimate of drug-likeness (QED) is 0.931. The molecule has 5 heteroatoms. The van der Waals surface area contributed by atoms with Crippen LogP contribution in [0.25, 0.3) is 0 Å². The first kappa shape index (κ1) is 15.5. The summed E-state index contributed by atoms with van der Waals surface area (Å²) in [5.74, 6) is -1.62. The molecule has 0 radical (unpaired) electrons. The monoisotopic (exact) mass is 293 g/mol. The third-order valence-corrected chi connectivity index (χ3v) is 4.21. The normalized spacial score (nSPS) is 16.8. The third-order valence-electron chi connectivity index (χ3n) is 4.21. The molecule has 1 amide bonds. The van der Waals surface area contributed by atoms with Gasteiger partial charge in [0.2, 0.25) is 5.91 Å². The summed E-state index contributed by atoms with van der Waals surface area (Å²) >= 11 is 0. The highest BCUT2D eigenvalue weighted by Crippen LogP contribution is 2.28. The van der Waals surface area contributed by atoms with Crippen LogP contribution in [-0.2, 0) is 15.0 Å². The molecule has 1 aromatic carbocycles. The molecule has 1 N–H and O–H groups in total. The van der Waals surface area contributed by atoms with E-state index in [1.54, 1.807) is 30.9 Å². The summed E-state index contributed by atoms with van der Waals surface area (Å²) in [4.78, 5) is 25.3. The van der Waals surface area contributed by atoms with Crippen molar-refractivity contribution >= 4 is 11.9 Å². The Labute approximate surface area is 123 Å². The number of hydrogen-bond acceptors (Lipinski definition) is 2. The van der Waals surface area contributed by atoms with Gasteiger partial charge in [0.25, 0.3) is 0 Å². The van der Waals surface area contributed by atoms with Gasteiger partial charge in [0.05, 0.1) is 11.3 Å². The molecule has 1 aliphatic rings. The van der Waals surface area contributed by atoms with E-state index >= 15 is 0 Å². The maximum atomic E-state index is 13.4. The summed E-state index contributed by atoms with van der Waals surface area (Å²) in [7, 11) is 0. The predicted octanol–water partition coefficient (Wildman–Crippen LogP) is 2.43. The number of halogens is 1. The highest BCUT2D eigenvalue weighted by atomic mass is 19.1. The minimum Gasteiger partial charge on any atom is -0.481 e. The number of nitrogens with zero attached hydrogens (tertiary/aromatic N) is 1. The maximum Gasteiger partial charge on any atom is 0.306 e. The number of benzene rings is 1. The number of amides is 1. The van der Waals surface area contributed by atoms with Crippen LogP contribution in [-0.4, -0.2) is 35.0 Å². The molecule has 1 heterocycles. The summed E-state index contributed by atoms with van der Waals surface area (Å²) in [6.45, 7) is 4.42. The lowest BCUT2D eigenvalue weighted by Crippen LogP contribution is -2.47. The molecule has 0 bridgehead atoms. The van der Waals surface area contributed by atoms with Crippen LogP contribution in [0.4, 0.5) is 4.39 Å². The van der Waals surface area contributed by atoms with Crippen molar-refractivity contribution in [2.45, 2.75) is 32.1 Å². The predicted molar refractivity (Wildman–Crippen MR) is 76.4 cm³/mol. The van der Waals surface area contributed by atoms with Gasteiger partial charge < -0.3 is 10.0 Å². The summed E-state index contributed by atoms with van der Waals surface area (Å²) < 4.78 is 13.4. The Hall–Kier alpha value is -1.91. The van der Waals surface area contributed by atoms with Crippen molar-refractivity contribution in [2.24, 2.45) is 5.92 Å². The maximum absolute atomic E-state index is 13.4. The zero-order chi connectivity index (χ0) is 15.6. The number of carbonyl (C=O) groups is 2. The molecule has 1 fully saturated rings. The van der Waals surface area contributed by atoms with Gasteiger partial charge in [0, 0.05) is 13.1 Å². The first-order valence-electron chi connectivity index (χ1n) is 7.10. The summed E-state index contributed by atoms with van der Waals surface area (Å²) in [5.41, 5.74) is -0.189. The number of carboxylic acids is 1. The van der Waals surface area contributed by atoms with E-state index in [0.717, 1.165) is 0 Å². The second-order valence-electron chi connectivity index (χ2n) is 6.04. The number of rotatable bonds is 3. The molecule has 0 saturated carbocycles. The van der Waals surface area contributed by atoms with Gasteiger partial charge in [-0.3, -0.25) is 9.59 Å². The van der Waals surface area contributed by atoms with Gasteiger partial charge in [0.1, 0.15) is 5.82 Å². The lowest BCUT2D eigenvalue weighted by Gasteiger charge is -2.36. The van der Waals surface area contributed by atoms with Gasteiger partial charge in [-0.15, -0.1) is 0 Å². The number of piperidine rings is 1. The standard InChI is InChI=1S/C16H20FNO3/c1-16(2,12-4-3-5-13(17)10-12)15(21)18-8-6-11(7-9-18)14(19)20/h3-5,10-11H,6-9H2,1-2H3,(H,19,20). The minimum absolute atomic E-state index is 0.0862. The Morgan fingerprint density at radius 2 is 1.90 bits per heavy atom. The average molecular weight is 293 g/mol. The first-order valence-corrected chi connectivity index (χ1v) is 7.10. The average Bonchev–Trinajstić information content (AvgIpc) is 2.46. The van der Waals surface area contributed by atoms with Crippen LogP contribution in [0, 0.1) is 11.7 Å². The summed E-state index contributed by atoms with van der Waals surface area (Å²) in [6.07, 6.45) is 0.945. The van der Waals surface area contributed by atoms with E-state index < -0.39 is 11.4 Å². The third kappa shape index (κ3) is 3.23. The van der Waals surface area contributed by atoms with Gasteiger partial charge in [0.15, 0.2) is 0 Å². The van der Waals surface area contributed by atoms with Crippen LogP contribution >= 0.6 is 0 Å². The molecule has 0 aliphatic carbocycles. The van der Waals surface area contributed by atoms with E-state index in [4.69, 9.17) is 5.11 Å². The van der Waals surface area contributed by atoms with Crippen LogP contribution in [0.2, 0.25) is 0 Å². The van der Waals surface area contributed by atoms with E-state index in [1.807, 2.05) is 0 Å². The molecular formula is C16H20FNO3. The topological polar surface area (TPSA) is 57.6 Å². The molecule has 1 aliphatic heterocycles. The van der Waals surface area contributed by atoms with Gasteiger partial charge >= 0.3 is 5.97 Å². The fourth-order valence-corrected chi connectivity index (χ4v) is 2.73. The molecule has 1 saturated heterocycles. The molecule has 0 aromatic heterocycles. The lowest BCUT2D eigenvalue weighted by atomic mass is 9.82. The second-order valence-corrected chi connectivity index (χ2v) is 6.04. The summed E-state index contributed by atoms with van der Waals surface area (Å²) in [5, 5.41) is 8.99. The fourth-order valence-electron chi connectivity index (χ4n) is 2.73. The van der Waals surface area contributed by atoms with E-state index in [2.05, 4.69) is 0 Å². The Morgan fingerprint density at radius 3 is 2.43 bits per heavy atom. The van der Waals surface area contributed by atoms with E-state index in [-0.39, 0.29) is 17.6 Å². The molecule has 0 atom stereocenters. The van der Waals surface area contributed by atoms with Crippen molar-refractivity contribution < 1.29 is 19.1 Å². The Balaban J connectivity index is 2.11. The molecular weight excluding hydrogens is 273 g/mol. The van der Waals surface area contributed by atoms with Crippen LogP contribution in [0.3, 0.4) is 0 Å². The van der Waals surface area contributed by atoms with Crippen LogP contribution in [0.15, 0.2) is 24.3 Å². The molecule has 1 aromatic rings. The van der Waals surface area contributed by atoms with Crippen LogP contribution in [0.1, 0.15) is 32.3 Å². The highest BCUT2D eigenvalue weighted by Gasteiger charge is 2.36. The Morgan fingerprint density at radius 1 is 1.29 bits per heavy atom. The summed E-state index contributed by atoms with van der Waals surface area (Å²) in [6, 6.07) is 6.06. The van der Waals surface area contributed by atoms with Crippen molar-refractivity contribution in [2.75, 3.05) is 13.1 Å². The molecule has 2 rings (SSSR count). The van der Waals surface area contributed by atoms with Crippen molar-refractivity contribution in [1.82, 2.24) is 4.90 Å². The zero-order valence-electron chi connectivity index (χ0n) is 12.3. The SMILES string of the molecule is CC(C)(C(=O)N1CCC(C(=O)O)CC1)c1cccc(F)c1. The number of likely N-dealkylation sites (tertiary alicyclic amines) is 1. The molecule has 21 heavy (non-hydrogen) atoms. The zero-order valence-corrected chi connectivity index (χ0v) is 12.3. The largest absolute Gasteiger partial charge is 0.481 e. The first-order chi connectivity index (χ1) is 9.82. The Kier molecular flexibility index (Phi) is 4.30. The van der Waals surface area contributed by atoms with Crippen molar-refractivity contribution in [3.05, 3.63) is 35.6 Å². The van der Waals surface area contributed by atoms with Crippen LogP contribution in [0.5, 0.6) is 0 Å². The van der Waals surface area contributed by atoms with Crippen LogP contribution < -0.4 is 0 Å². The molecule has 0 spiro atoms. The Bertz CT molecular complexity index is 548. The number of carbonyl (C=O) groups excluding carboxylic acids is 1. The van der Waals surface area contributed by atoms with E-state index in [1.165, 1.54) is 12.1 Å². The number of aliphatic carboxylic acids is 1. The molecule has 114 valence electrons. The van der Waals surface area contributed by atoms with Gasteiger partial charge in [-0.05, 0) is 44.4 Å². The minimum atomic E-state index is -0.821. The van der Waals surface area contributed by atoms with E-state index in [9.17, 15) is 14.0 Å². The van der Waals surface area contributed by atoms with Gasteiger partial charge in [-0.1, -0.05) is 12.1 Å². The van der Waals surface area contributed by atoms with Crippen molar-refractivity contribution in [3.8, 4) is 0 Å².